The Kier molecular flexibility index (Phi) is 4.80. The number of carbonyl (C=O) groups is 1. The summed E-state index contributed by atoms with van der Waals surface area (Å²) >= 11 is 6.20. The van der Waals surface area contributed by atoms with Crippen LogP contribution >= 0.6 is 11.6 Å². The topological polar surface area (TPSA) is 79.7 Å². The fourth-order valence-corrected chi connectivity index (χ4v) is 3.69. The third-order valence-electron chi connectivity index (χ3n) is 4.86. The van der Waals surface area contributed by atoms with Crippen LogP contribution in [0.3, 0.4) is 0 Å². The maximum Gasteiger partial charge on any atom is 0.359 e. The minimum Gasteiger partial charge on any atom is -0.456 e. The fraction of sp³-hybridized carbons (Fsp3) is 0.0870. The second-order valence-corrected chi connectivity index (χ2v) is 7.24. The largest absolute Gasteiger partial charge is 0.456 e. The van der Waals surface area contributed by atoms with Gasteiger partial charge in [0.25, 0.3) is 5.56 Å². The van der Waals surface area contributed by atoms with E-state index in [1.165, 1.54) is 4.68 Å². The summed E-state index contributed by atoms with van der Waals surface area (Å²) in [5.41, 5.74) is 0.921. The molecular weight excluding hydrogens is 420 g/mol. The summed E-state index contributed by atoms with van der Waals surface area (Å²) in [5.74, 6) is 0.314. The van der Waals surface area contributed by atoms with Gasteiger partial charge in [-0.15, -0.1) is 0 Å². The van der Waals surface area contributed by atoms with E-state index in [9.17, 15) is 9.59 Å². The average Bonchev–Trinajstić information content (AvgIpc) is 3.28. The summed E-state index contributed by atoms with van der Waals surface area (Å²) < 4.78 is 17.3. The van der Waals surface area contributed by atoms with Crippen molar-refractivity contribution in [3.05, 3.63) is 93.4 Å². The van der Waals surface area contributed by atoms with Crippen molar-refractivity contribution < 1.29 is 19.0 Å². The molecule has 4 aromatic rings. The minimum absolute atomic E-state index is 0.0460. The van der Waals surface area contributed by atoms with Gasteiger partial charge in [-0.1, -0.05) is 48.0 Å². The highest BCUT2D eigenvalue weighted by atomic mass is 35.5. The molecule has 2 heterocycles. The molecule has 0 radical (unpaired) electrons. The molecule has 0 fully saturated rings. The molecular formula is C23H15ClN2O5. The van der Waals surface area contributed by atoms with Gasteiger partial charge in [0.05, 0.1) is 16.1 Å². The van der Waals surface area contributed by atoms with Crippen LogP contribution in [0.15, 0.2) is 71.5 Å². The number of aromatic nitrogens is 2. The van der Waals surface area contributed by atoms with Gasteiger partial charge in [-0.2, -0.15) is 9.78 Å². The van der Waals surface area contributed by atoms with E-state index in [0.717, 1.165) is 0 Å². The lowest BCUT2D eigenvalue weighted by atomic mass is 10.1. The van der Waals surface area contributed by atoms with Gasteiger partial charge in [0, 0.05) is 5.39 Å². The summed E-state index contributed by atoms with van der Waals surface area (Å²) in [6.07, 6.45) is 0. The number of hydrogen-bond donors (Lipinski definition) is 0. The predicted molar refractivity (Wildman–Crippen MR) is 114 cm³/mol. The molecule has 0 saturated carbocycles. The van der Waals surface area contributed by atoms with Crippen LogP contribution in [0.4, 0.5) is 0 Å². The molecule has 0 atom stereocenters. The first-order valence-corrected chi connectivity index (χ1v) is 9.82. The maximum atomic E-state index is 13.0. The average molecular weight is 435 g/mol. The minimum atomic E-state index is -0.658. The molecule has 0 amide bonds. The third kappa shape index (κ3) is 3.49. The summed E-state index contributed by atoms with van der Waals surface area (Å²) in [7, 11) is 0. The zero-order valence-corrected chi connectivity index (χ0v) is 16.8. The Hall–Kier alpha value is -3.84. The maximum absolute atomic E-state index is 13.0. The second-order valence-electron chi connectivity index (χ2n) is 6.83. The van der Waals surface area contributed by atoms with Gasteiger partial charge in [-0.05, 0) is 35.9 Å². The van der Waals surface area contributed by atoms with Gasteiger partial charge in [-0.25, -0.2) is 4.79 Å². The fourth-order valence-electron chi connectivity index (χ4n) is 3.41. The molecule has 0 bridgehead atoms. The molecule has 3 aromatic carbocycles. The van der Waals surface area contributed by atoms with Crippen molar-refractivity contribution in [3.63, 3.8) is 0 Å². The Morgan fingerprint density at radius 3 is 2.58 bits per heavy atom. The van der Waals surface area contributed by atoms with E-state index in [-0.39, 0.29) is 24.7 Å². The molecule has 0 unspecified atom stereocenters. The van der Waals surface area contributed by atoms with Crippen LogP contribution in [0.25, 0.3) is 16.5 Å². The number of halogens is 1. The number of esters is 1. The Balaban J connectivity index is 1.51. The van der Waals surface area contributed by atoms with Crippen molar-refractivity contribution in [1.29, 1.82) is 0 Å². The molecule has 5 rings (SSSR count). The molecule has 1 aromatic heterocycles. The number of fused-ring (bicyclic) bond motifs is 2. The summed E-state index contributed by atoms with van der Waals surface area (Å²) in [6.45, 7) is 0.0465. The zero-order valence-electron chi connectivity index (χ0n) is 16.1. The van der Waals surface area contributed by atoms with Crippen molar-refractivity contribution in [2.24, 2.45) is 0 Å². The highest BCUT2D eigenvalue weighted by Gasteiger charge is 2.21. The van der Waals surface area contributed by atoms with Crippen molar-refractivity contribution in [3.8, 4) is 17.2 Å². The van der Waals surface area contributed by atoms with E-state index in [1.54, 1.807) is 60.7 Å². The standard InChI is InChI=1S/C23H15ClN2O5/c24-18-10-14(11-19-21(18)31-13-30-19)12-29-23(28)20-16-8-4-5-9-17(16)22(27)26(25-20)15-6-2-1-3-7-15/h1-11H,12-13H2. The number of para-hydroxylation sites is 1. The van der Waals surface area contributed by atoms with E-state index in [2.05, 4.69) is 5.10 Å². The monoisotopic (exact) mass is 434 g/mol. The Bertz CT molecular complexity index is 1370. The Labute approximate surface area is 181 Å². The first-order valence-electron chi connectivity index (χ1n) is 9.44. The lowest BCUT2D eigenvalue weighted by Crippen LogP contribution is -2.25. The van der Waals surface area contributed by atoms with E-state index in [0.29, 0.717) is 38.5 Å². The number of benzene rings is 3. The summed E-state index contributed by atoms with van der Waals surface area (Å²) in [6, 6.07) is 19.1. The number of rotatable bonds is 4. The van der Waals surface area contributed by atoms with Gasteiger partial charge >= 0.3 is 5.97 Å². The number of ether oxygens (including phenoxy) is 3. The first-order chi connectivity index (χ1) is 15.1. The third-order valence-corrected chi connectivity index (χ3v) is 5.14. The Morgan fingerprint density at radius 1 is 1.03 bits per heavy atom. The van der Waals surface area contributed by atoms with E-state index in [4.69, 9.17) is 25.8 Å². The zero-order chi connectivity index (χ0) is 21.4. The number of hydrogen-bond acceptors (Lipinski definition) is 6. The lowest BCUT2D eigenvalue weighted by molar-refractivity contribution is 0.0466. The second kappa shape index (κ2) is 7.77. The summed E-state index contributed by atoms with van der Waals surface area (Å²) in [5, 5.41) is 5.49. The predicted octanol–water partition coefficient (Wildman–Crippen LogP) is 4.12. The van der Waals surface area contributed by atoms with Crippen molar-refractivity contribution in [2.75, 3.05) is 6.79 Å². The van der Waals surface area contributed by atoms with Crippen LogP contribution in [-0.2, 0) is 11.3 Å². The molecule has 1 aliphatic rings. The number of carbonyl (C=O) groups excluding carboxylic acids is 1. The van der Waals surface area contributed by atoms with Crippen molar-refractivity contribution >= 4 is 28.3 Å². The highest BCUT2D eigenvalue weighted by molar-refractivity contribution is 6.32. The quantitative estimate of drug-likeness (QED) is 0.449. The SMILES string of the molecule is O=C(OCc1cc(Cl)c2c(c1)OCO2)c1nn(-c2ccccc2)c(=O)c2ccccc12. The van der Waals surface area contributed by atoms with E-state index in [1.807, 2.05) is 6.07 Å². The smallest absolute Gasteiger partial charge is 0.359 e. The molecule has 7 nitrogen and oxygen atoms in total. The van der Waals surface area contributed by atoms with Crippen molar-refractivity contribution in [1.82, 2.24) is 9.78 Å². The van der Waals surface area contributed by atoms with E-state index < -0.39 is 5.97 Å². The van der Waals surface area contributed by atoms with Gasteiger partial charge in [-0.3, -0.25) is 4.79 Å². The highest BCUT2D eigenvalue weighted by Crippen LogP contribution is 2.40. The molecule has 0 aliphatic carbocycles. The first kappa shape index (κ1) is 19.1. The van der Waals surface area contributed by atoms with Crippen LogP contribution in [-0.4, -0.2) is 22.5 Å². The van der Waals surface area contributed by atoms with Crippen LogP contribution in [0.2, 0.25) is 5.02 Å². The summed E-state index contributed by atoms with van der Waals surface area (Å²) in [4.78, 5) is 25.9. The van der Waals surface area contributed by atoms with Crippen LogP contribution < -0.4 is 15.0 Å². The molecule has 0 N–H and O–H groups in total. The Morgan fingerprint density at radius 2 is 1.77 bits per heavy atom. The molecule has 0 spiro atoms. The van der Waals surface area contributed by atoms with Crippen LogP contribution in [0, 0.1) is 0 Å². The van der Waals surface area contributed by atoms with Crippen molar-refractivity contribution in [2.45, 2.75) is 6.61 Å². The van der Waals surface area contributed by atoms with Gasteiger partial charge in [0.1, 0.15) is 6.61 Å². The lowest BCUT2D eigenvalue weighted by Gasteiger charge is -2.11. The molecule has 154 valence electrons. The molecule has 1 aliphatic heterocycles. The van der Waals surface area contributed by atoms with E-state index >= 15 is 0 Å². The van der Waals surface area contributed by atoms with Gasteiger partial charge < -0.3 is 14.2 Å². The normalized spacial score (nSPS) is 12.2. The molecule has 31 heavy (non-hydrogen) atoms. The molecule has 8 heteroatoms. The van der Waals surface area contributed by atoms with Crippen LogP contribution in [0.5, 0.6) is 11.5 Å². The molecule has 0 saturated heterocycles. The van der Waals surface area contributed by atoms with Crippen LogP contribution in [0.1, 0.15) is 16.1 Å². The van der Waals surface area contributed by atoms with Gasteiger partial charge in [0.15, 0.2) is 17.2 Å². The van der Waals surface area contributed by atoms with Gasteiger partial charge in [0.2, 0.25) is 6.79 Å². The number of nitrogens with zero attached hydrogens (tertiary/aromatic N) is 2.